The summed E-state index contributed by atoms with van der Waals surface area (Å²) >= 11 is 0. The molecule has 13 heteroatoms. The highest BCUT2D eigenvalue weighted by Crippen LogP contribution is 2.48. The van der Waals surface area contributed by atoms with Crippen LogP contribution in [0.3, 0.4) is 0 Å². The van der Waals surface area contributed by atoms with Crippen molar-refractivity contribution in [3.8, 4) is 0 Å². The number of carbonyl (C=O) groups excluding carboxylic acids is 1. The third-order valence-corrected chi connectivity index (χ3v) is 10.6. The maximum atomic E-state index is 12.0. The molecule has 0 radical (unpaired) electrons. The molecular formula is C33H44N4O7S2. The van der Waals surface area contributed by atoms with E-state index in [1.807, 2.05) is 52.8 Å². The molecule has 0 saturated carbocycles. The van der Waals surface area contributed by atoms with Crippen LogP contribution in [0.2, 0.25) is 0 Å². The average Bonchev–Trinajstić information content (AvgIpc) is 3.32. The minimum atomic E-state index is -4.61. The van der Waals surface area contributed by atoms with E-state index in [9.17, 15) is 30.7 Å². The molecule has 2 aromatic carbocycles. The number of unbranched alkanes of at least 4 members (excludes halogenated alkanes) is 2. The summed E-state index contributed by atoms with van der Waals surface area (Å²) in [6.07, 6.45) is 8.66. The first-order chi connectivity index (χ1) is 21.4. The van der Waals surface area contributed by atoms with Gasteiger partial charge in [0, 0.05) is 67.0 Å². The molecular weight excluding hydrogens is 629 g/mol. The van der Waals surface area contributed by atoms with Gasteiger partial charge in [-0.05, 0) is 75.6 Å². The van der Waals surface area contributed by atoms with Crippen molar-refractivity contribution in [2.45, 2.75) is 80.9 Å². The van der Waals surface area contributed by atoms with Crippen LogP contribution in [0.4, 0.5) is 11.4 Å². The molecule has 4 rings (SSSR count). The minimum absolute atomic E-state index is 0.0250. The zero-order chi connectivity index (χ0) is 34.1. The molecule has 0 saturated heterocycles. The van der Waals surface area contributed by atoms with E-state index in [1.54, 1.807) is 12.1 Å². The van der Waals surface area contributed by atoms with Crippen molar-refractivity contribution >= 4 is 43.2 Å². The first kappa shape index (κ1) is 35.5. The summed E-state index contributed by atoms with van der Waals surface area (Å²) in [5.41, 5.74) is 9.34. The highest BCUT2D eigenvalue weighted by molar-refractivity contribution is 7.86. The number of nitrogens with one attached hydrogen (secondary N) is 1. The van der Waals surface area contributed by atoms with E-state index in [4.69, 9.17) is 5.73 Å². The third kappa shape index (κ3) is 7.13. The monoisotopic (exact) mass is 672 g/mol. The molecule has 46 heavy (non-hydrogen) atoms. The SMILES string of the molecule is CCN1/C(=C/C=C/C2=[N+](CCCCCC(=O)NCCN)c3ccc(S(=O)(=O)O)cc3C2(C)C)C(C)(C)c2cc(S(=O)(=O)[O-])ccc21. The van der Waals surface area contributed by atoms with Crippen LogP contribution in [0.5, 0.6) is 0 Å². The Kier molecular flexibility index (Phi) is 10.3. The highest BCUT2D eigenvalue weighted by atomic mass is 32.2. The lowest BCUT2D eigenvalue weighted by Crippen LogP contribution is -2.29. The van der Waals surface area contributed by atoms with Gasteiger partial charge in [0.25, 0.3) is 10.1 Å². The molecule has 2 aromatic rings. The zero-order valence-electron chi connectivity index (χ0n) is 27.0. The second-order valence-electron chi connectivity index (χ2n) is 12.7. The molecule has 250 valence electrons. The van der Waals surface area contributed by atoms with Gasteiger partial charge in [0.05, 0.1) is 15.2 Å². The number of nitrogens with zero attached hydrogens (tertiary/aromatic N) is 2. The van der Waals surface area contributed by atoms with E-state index in [-0.39, 0.29) is 15.7 Å². The normalized spacial score (nSPS) is 18.0. The number of likely N-dealkylation sites (N-methyl/N-ethyl adjacent to an activating group) is 1. The number of anilines is 1. The Morgan fingerprint density at radius 2 is 1.67 bits per heavy atom. The molecule has 2 aliphatic heterocycles. The number of benzene rings is 2. The van der Waals surface area contributed by atoms with Crippen molar-refractivity contribution in [3.05, 3.63) is 71.5 Å². The molecule has 4 N–H and O–H groups in total. The number of fused-ring (bicyclic) bond motifs is 2. The first-order valence-corrected chi connectivity index (χ1v) is 18.3. The second-order valence-corrected chi connectivity index (χ2v) is 15.5. The third-order valence-electron chi connectivity index (χ3n) is 8.89. The highest BCUT2D eigenvalue weighted by Gasteiger charge is 2.45. The quantitative estimate of drug-likeness (QED) is 0.161. The smallest absolute Gasteiger partial charge is 0.294 e. The van der Waals surface area contributed by atoms with E-state index in [1.165, 1.54) is 24.3 Å². The lowest BCUT2D eigenvalue weighted by Gasteiger charge is -2.25. The van der Waals surface area contributed by atoms with E-state index >= 15 is 0 Å². The topological polar surface area (TPSA) is 173 Å². The Morgan fingerprint density at radius 3 is 2.30 bits per heavy atom. The van der Waals surface area contributed by atoms with Gasteiger partial charge in [0.1, 0.15) is 16.7 Å². The van der Waals surface area contributed by atoms with Crippen molar-refractivity contribution in [2.75, 3.05) is 31.1 Å². The Morgan fingerprint density at radius 1 is 1.00 bits per heavy atom. The summed E-state index contributed by atoms with van der Waals surface area (Å²) in [7, 11) is -9.01. The number of hydrogen-bond donors (Lipinski definition) is 3. The van der Waals surface area contributed by atoms with Crippen LogP contribution >= 0.6 is 0 Å². The minimum Gasteiger partial charge on any atom is -0.744 e. The van der Waals surface area contributed by atoms with Crippen molar-refractivity contribution < 1.29 is 35.3 Å². The van der Waals surface area contributed by atoms with E-state index in [0.29, 0.717) is 32.6 Å². The number of carbonyl (C=O) groups is 1. The summed E-state index contributed by atoms with van der Waals surface area (Å²) in [4.78, 5) is 13.6. The Bertz CT molecular complexity index is 1830. The van der Waals surface area contributed by atoms with E-state index < -0.39 is 31.1 Å². The van der Waals surface area contributed by atoms with Gasteiger partial charge in [-0.1, -0.05) is 19.9 Å². The fraction of sp³-hybridized carbons (Fsp3) is 0.455. The molecule has 0 fully saturated rings. The molecule has 0 unspecified atom stereocenters. The Hall–Kier alpha value is -3.36. The lowest BCUT2D eigenvalue weighted by atomic mass is 9.81. The van der Waals surface area contributed by atoms with Crippen LogP contribution in [-0.4, -0.2) is 68.3 Å². The van der Waals surface area contributed by atoms with Crippen LogP contribution in [0.25, 0.3) is 0 Å². The standard InChI is InChI=1S/C33H44N4O7S2/c1-6-36-27-16-14-23(45(39,40)41)21-25(27)32(2,3)29(36)11-10-12-30-33(4,5)26-22-24(46(42,43)44)15-17-28(26)37(30)20-9-7-8-13-31(38)35-19-18-34/h10-12,14-17,21-22H,6-9,13,18-20,34H2,1-5H3,(H2-,35,38,39,40,41,42,43,44). The van der Waals surface area contributed by atoms with Crippen molar-refractivity contribution in [3.63, 3.8) is 0 Å². The predicted molar refractivity (Wildman–Crippen MR) is 177 cm³/mol. The number of rotatable bonds is 13. The second kappa shape index (κ2) is 13.4. The maximum absolute atomic E-state index is 12.0. The van der Waals surface area contributed by atoms with Gasteiger partial charge in [0.15, 0.2) is 5.71 Å². The maximum Gasteiger partial charge on any atom is 0.294 e. The predicted octanol–water partition coefficient (Wildman–Crippen LogP) is 4.11. The molecule has 1 amide bonds. The van der Waals surface area contributed by atoms with Gasteiger partial charge in [-0.15, -0.1) is 0 Å². The van der Waals surface area contributed by atoms with Gasteiger partial charge in [-0.3, -0.25) is 9.35 Å². The Labute approximate surface area is 272 Å². The Balaban J connectivity index is 1.68. The van der Waals surface area contributed by atoms with Crippen LogP contribution in [-0.2, 0) is 35.9 Å². The molecule has 2 aliphatic rings. The van der Waals surface area contributed by atoms with Crippen LogP contribution in [0, 0.1) is 0 Å². The van der Waals surface area contributed by atoms with E-state index in [0.717, 1.165) is 53.2 Å². The number of nitrogens with two attached hydrogens (primary N) is 1. The first-order valence-electron chi connectivity index (χ1n) is 15.4. The molecule has 0 bridgehead atoms. The molecule has 0 aromatic heterocycles. The molecule has 11 nitrogen and oxygen atoms in total. The summed E-state index contributed by atoms with van der Waals surface area (Å²) < 4.78 is 71.2. The average molecular weight is 673 g/mol. The number of amides is 1. The van der Waals surface area contributed by atoms with Crippen molar-refractivity contribution in [1.29, 1.82) is 0 Å². The molecule has 0 atom stereocenters. The summed E-state index contributed by atoms with van der Waals surface area (Å²) in [6.45, 7) is 12.1. The van der Waals surface area contributed by atoms with E-state index in [2.05, 4.69) is 14.8 Å². The van der Waals surface area contributed by atoms with Crippen molar-refractivity contribution in [1.82, 2.24) is 5.32 Å². The van der Waals surface area contributed by atoms with Gasteiger partial charge in [-0.25, -0.2) is 8.42 Å². The number of hydrogen-bond acceptors (Lipinski definition) is 8. The van der Waals surface area contributed by atoms with Gasteiger partial charge in [0.2, 0.25) is 11.6 Å². The zero-order valence-corrected chi connectivity index (χ0v) is 28.7. The molecule has 2 heterocycles. The summed E-state index contributed by atoms with van der Waals surface area (Å²) in [5, 5.41) is 2.78. The van der Waals surface area contributed by atoms with Gasteiger partial charge < -0.3 is 20.5 Å². The van der Waals surface area contributed by atoms with Crippen LogP contribution < -0.4 is 16.0 Å². The summed E-state index contributed by atoms with van der Waals surface area (Å²) in [5.74, 6) is -0.0250. The molecule has 0 spiro atoms. The lowest BCUT2D eigenvalue weighted by molar-refractivity contribution is -0.438. The largest absolute Gasteiger partial charge is 0.744 e. The van der Waals surface area contributed by atoms with Crippen molar-refractivity contribution in [2.24, 2.45) is 5.73 Å². The fourth-order valence-corrected chi connectivity index (χ4v) is 7.47. The number of allylic oxidation sites excluding steroid dienone is 4. The molecule has 0 aliphatic carbocycles. The van der Waals surface area contributed by atoms with Gasteiger partial charge in [-0.2, -0.15) is 13.0 Å². The van der Waals surface area contributed by atoms with Crippen LogP contribution in [0.1, 0.15) is 71.4 Å². The van der Waals surface area contributed by atoms with Crippen LogP contribution in [0.15, 0.2) is 70.1 Å². The summed E-state index contributed by atoms with van der Waals surface area (Å²) in [6, 6.07) is 9.14. The van der Waals surface area contributed by atoms with Gasteiger partial charge >= 0.3 is 0 Å². The fourth-order valence-electron chi connectivity index (χ4n) is 6.47.